The van der Waals surface area contributed by atoms with Gasteiger partial charge in [0, 0.05) is 31.5 Å². The Labute approximate surface area is 191 Å². The van der Waals surface area contributed by atoms with Crippen molar-refractivity contribution < 1.29 is 0 Å². The van der Waals surface area contributed by atoms with Gasteiger partial charge in [-0.1, -0.05) is 79.7 Å². The molecule has 3 heteroatoms. The van der Waals surface area contributed by atoms with Gasteiger partial charge in [0.2, 0.25) is 0 Å². The summed E-state index contributed by atoms with van der Waals surface area (Å²) in [7, 11) is 0. The number of para-hydroxylation sites is 2. The first kappa shape index (κ1) is 21.0. The topological polar surface area (TPSA) is 21.1 Å². The first-order chi connectivity index (χ1) is 15.8. The van der Waals surface area contributed by atoms with Crippen LogP contribution in [0.3, 0.4) is 0 Å². The molecule has 1 fully saturated rings. The van der Waals surface area contributed by atoms with Crippen molar-refractivity contribution in [3.05, 3.63) is 102 Å². The molecule has 3 nitrogen and oxygen atoms in total. The van der Waals surface area contributed by atoms with Crippen molar-refractivity contribution in [2.75, 3.05) is 19.6 Å². The number of benzene rings is 3. The van der Waals surface area contributed by atoms with E-state index in [1.165, 1.54) is 35.3 Å². The smallest absolute Gasteiger partial charge is 0.109 e. The Bertz CT molecular complexity index is 1090. The lowest BCUT2D eigenvalue weighted by Gasteiger charge is -2.34. The SMILES string of the molecule is CCc1nc2ccccc2n1C1CCN(CCC(c2ccccc2)c2ccccc2)CC1. The van der Waals surface area contributed by atoms with Crippen LogP contribution in [-0.4, -0.2) is 34.1 Å². The van der Waals surface area contributed by atoms with E-state index >= 15 is 0 Å². The van der Waals surface area contributed by atoms with Crippen molar-refractivity contribution in [2.24, 2.45) is 0 Å². The van der Waals surface area contributed by atoms with E-state index in [2.05, 4.69) is 101 Å². The zero-order valence-electron chi connectivity index (χ0n) is 19.0. The lowest BCUT2D eigenvalue weighted by molar-refractivity contribution is 0.183. The third-order valence-corrected chi connectivity index (χ3v) is 7.05. The van der Waals surface area contributed by atoms with E-state index in [4.69, 9.17) is 4.98 Å². The molecule has 1 aliphatic heterocycles. The van der Waals surface area contributed by atoms with Gasteiger partial charge in [-0.05, 0) is 49.1 Å². The van der Waals surface area contributed by atoms with E-state index in [-0.39, 0.29) is 0 Å². The summed E-state index contributed by atoms with van der Waals surface area (Å²) in [6, 6.07) is 31.2. The van der Waals surface area contributed by atoms with Crippen LogP contribution in [0.4, 0.5) is 0 Å². The first-order valence-electron chi connectivity index (χ1n) is 12.1. The highest BCUT2D eigenvalue weighted by Gasteiger charge is 2.25. The second kappa shape index (κ2) is 9.70. The molecular weight excluding hydrogens is 390 g/mol. The molecular formula is C29H33N3. The summed E-state index contributed by atoms with van der Waals surface area (Å²) in [4.78, 5) is 7.57. The molecule has 1 aliphatic rings. The van der Waals surface area contributed by atoms with Crippen LogP contribution in [0, 0.1) is 0 Å². The highest BCUT2D eigenvalue weighted by Crippen LogP contribution is 2.31. The van der Waals surface area contributed by atoms with Gasteiger partial charge < -0.3 is 9.47 Å². The van der Waals surface area contributed by atoms with Gasteiger partial charge in [-0.25, -0.2) is 4.98 Å². The normalized spacial score (nSPS) is 15.6. The maximum Gasteiger partial charge on any atom is 0.109 e. The predicted molar refractivity (Wildman–Crippen MR) is 133 cm³/mol. The van der Waals surface area contributed by atoms with E-state index in [9.17, 15) is 0 Å². The minimum atomic E-state index is 0.458. The Balaban J connectivity index is 1.26. The molecule has 0 bridgehead atoms. The zero-order valence-corrected chi connectivity index (χ0v) is 19.0. The highest BCUT2D eigenvalue weighted by molar-refractivity contribution is 5.76. The number of fused-ring (bicyclic) bond motifs is 1. The Kier molecular flexibility index (Phi) is 6.36. The maximum atomic E-state index is 4.90. The molecule has 0 N–H and O–H groups in total. The van der Waals surface area contributed by atoms with Crippen LogP contribution >= 0.6 is 0 Å². The second-order valence-electron chi connectivity index (χ2n) is 8.98. The van der Waals surface area contributed by atoms with Crippen LogP contribution in [-0.2, 0) is 6.42 Å². The molecule has 0 amide bonds. The maximum absolute atomic E-state index is 4.90. The molecule has 4 aromatic rings. The average molecular weight is 424 g/mol. The van der Waals surface area contributed by atoms with Crippen molar-refractivity contribution in [1.82, 2.24) is 14.5 Å². The van der Waals surface area contributed by atoms with Crippen molar-refractivity contribution in [1.29, 1.82) is 0 Å². The van der Waals surface area contributed by atoms with E-state index in [0.717, 1.165) is 38.0 Å². The van der Waals surface area contributed by atoms with E-state index in [1.807, 2.05) is 0 Å². The molecule has 0 aliphatic carbocycles. The number of aryl methyl sites for hydroxylation is 1. The van der Waals surface area contributed by atoms with Gasteiger partial charge in [0.25, 0.3) is 0 Å². The molecule has 0 unspecified atom stereocenters. The minimum absolute atomic E-state index is 0.458. The van der Waals surface area contributed by atoms with Gasteiger partial charge in [-0.15, -0.1) is 0 Å². The predicted octanol–water partition coefficient (Wildman–Crippen LogP) is 6.46. The Morgan fingerprint density at radius 1 is 0.812 bits per heavy atom. The number of imidazole rings is 1. The fourth-order valence-electron chi connectivity index (χ4n) is 5.36. The third-order valence-electron chi connectivity index (χ3n) is 7.05. The third kappa shape index (κ3) is 4.35. The van der Waals surface area contributed by atoms with E-state index < -0.39 is 0 Å². The lowest BCUT2D eigenvalue weighted by Crippen LogP contribution is -2.36. The number of aromatic nitrogens is 2. The zero-order chi connectivity index (χ0) is 21.8. The van der Waals surface area contributed by atoms with Gasteiger partial charge in [0.15, 0.2) is 0 Å². The molecule has 1 aromatic heterocycles. The first-order valence-corrected chi connectivity index (χ1v) is 12.1. The van der Waals surface area contributed by atoms with Crippen molar-refractivity contribution in [3.63, 3.8) is 0 Å². The minimum Gasteiger partial charge on any atom is -0.325 e. The molecule has 0 radical (unpaired) electrons. The number of rotatable bonds is 7. The number of hydrogen-bond acceptors (Lipinski definition) is 2. The summed E-state index contributed by atoms with van der Waals surface area (Å²) in [5, 5.41) is 0. The molecule has 0 atom stereocenters. The number of piperidine rings is 1. The van der Waals surface area contributed by atoms with Crippen molar-refractivity contribution in [2.45, 2.75) is 44.6 Å². The number of nitrogens with zero attached hydrogens (tertiary/aromatic N) is 3. The van der Waals surface area contributed by atoms with Crippen LogP contribution in [0.5, 0.6) is 0 Å². The summed E-state index contributed by atoms with van der Waals surface area (Å²) in [6.45, 7) is 5.69. The Morgan fingerprint density at radius 3 is 2.03 bits per heavy atom. The molecule has 0 saturated carbocycles. The van der Waals surface area contributed by atoms with E-state index in [1.54, 1.807) is 0 Å². The van der Waals surface area contributed by atoms with Crippen molar-refractivity contribution >= 4 is 11.0 Å². The molecule has 5 rings (SSSR count). The van der Waals surface area contributed by atoms with Gasteiger partial charge in [-0.3, -0.25) is 0 Å². The fourth-order valence-corrected chi connectivity index (χ4v) is 5.36. The molecule has 1 saturated heterocycles. The number of likely N-dealkylation sites (tertiary alicyclic amines) is 1. The molecule has 32 heavy (non-hydrogen) atoms. The average Bonchev–Trinajstić information content (AvgIpc) is 3.25. The van der Waals surface area contributed by atoms with Gasteiger partial charge >= 0.3 is 0 Å². The van der Waals surface area contributed by atoms with Crippen LogP contribution < -0.4 is 0 Å². The molecule has 3 aromatic carbocycles. The standard InChI is InChI=1S/C29H33N3/c1-2-29-30-27-15-9-10-16-28(27)32(29)25-17-20-31(21-18-25)22-19-26(23-11-5-3-6-12-23)24-13-7-4-8-14-24/h3-16,25-26H,2,17-22H2,1H3. The van der Waals surface area contributed by atoms with Gasteiger partial charge in [0.1, 0.15) is 5.82 Å². The van der Waals surface area contributed by atoms with Gasteiger partial charge in [0.05, 0.1) is 11.0 Å². The van der Waals surface area contributed by atoms with Crippen LogP contribution in [0.2, 0.25) is 0 Å². The Morgan fingerprint density at radius 2 is 1.41 bits per heavy atom. The van der Waals surface area contributed by atoms with E-state index in [0.29, 0.717) is 12.0 Å². The van der Waals surface area contributed by atoms with Crippen LogP contribution in [0.15, 0.2) is 84.9 Å². The fraction of sp³-hybridized carbons (Fsp3) is 0.345. The monoisotopic (exact) mass is 423 g/mol. The van der Waals surface area contributed by atoms with Crippen molar-refractivity contribution in [3.8, 4) is 0 Å². The quantitative estimate of drug-likeness (QED) is 0.340. The van der Waals surface area contributed by atoms with Crippen LogP contribution in [0.25, 0.3) is 11.0 Å². The lowest BCUT2D eigenvalue weighted by atomic mass is 9.88. The second-order valence-corrected chi connectivity index (χ2v) is 8.98. The summed E-state index contributed by atoms with van der Waals surface area (Å²) in [5.41, 5.74) is 5.29. The molecule has 164 valence electrons. The number of hydrogen-bond donors (Lipinski definition) is 0. The van der Waals surface area contributed by atoms with Crippen LogP contribution in [0.1, 0.15) is 55.1 Å². The summed E-state index contributed by atoms with van der Waals surface area (Å²) in [5.74, 6) is 1.69. The molecule has 0 spiro atoms. The highest BCUT2D eigenvalue weighted by atomic mass is 15.2. The Hall–Kier alpha value is -2.91. The summed E-state index contributed by atoms with van der Waals surface area (Å²) in [6.07, 6.45) is 4.56. The van der Waals surface area contributed by atoms with Gasteiger partial charge in [-0.2, -0.15) is 0 Å². The summed E-state index contributed by atoms with van der Waals surface area (Å²) >= 11 is 0. The summed E-state index contributed by atoms with van der Waals surface area (Å²) < 4.78 is 2.53. The molecule has 2 heterocycles. The largest absolute Gasteiger partial charge is 0.325 e.